The quantitative estimate of drug-likeness (QED) is 0.264. The molecule has 2 heterocycles. The molecule has 1 saturated heterocycles. The molecule has 5 rings (SSSR count). The third-order valence-corrected chi connectivity index (χ3v) is 8.33. The van der Waals surface area contributed by atoms with E-state index in [1.165, 1.54) is 16.7 Å². The third kappa shape index (κ3) is 4.71. The van der Waals surface area contributed by atoms with Crippen LogP contribution < -0.4 is 9.64 Å². The second-order valence-electron chi connectivity index (χ2n) is 7.74. The van der Waals surface area contributed by atoms with Gasteiger partial charge < -0.3 is 4.74 Å². The molecule has 0 bridgehead atoms. The lowest BCUT2D eigenvalue weighted by atomic mass is 10.2. The van der Waals surface area contributed by atoms with Crippen molar-refractivity contribution in [2.75, 3.05) is 18.6 Å². The highest BCUT2D eigenvalue weighted by Gasteiger charge is 2.34. The number of benzene rings is 3. The maximum atomic E-state index is 13.5. The fraction of sp³-hybridized carbons (Fsp3) is 0.115. The number of hydrogen-bond donors (Lipinski definition) is 0. The molecule has 35 heavy (non-hydrogen) atoms. The van der Waals surface area contributed by atoms with E-state index < -0.39 is 0 Å². The first kappa shape index (κ1) is 23.9. The van der Waals surface area contributed by atoms with Gasteiger partial charge in [-0.2, -0.15) is 0 Å². The minimum atomic E-state index is -0.211. The second kappa shape index (κ2) is 10.1. The van der Waals surface area contributed by atoms with Crippen molar-refractivity contribution in [3.8, 4) is 5.75 Å². The smallest absolute Gasteiger partial charge is 0.266 e. The molecule has 0 spiro atoms. The van der Waals surface area contributed by atoms with Crippen LogP contribution in [0, 0.1) is 0 Å². The topological polar surface area (TPSA) is 49.9 Å². The normalized spacial score (nSPS) is 15.9. The van der Waals surface area contributed by atoms with Gasteiger partial charge in [-0.1, -0.05) is 77.7 Å². The summed E-state index contributed by atoms with van der Waals surface area (Å²) in [6, 6.07) is 20.8. The number of methoxy groups -OCH3 is 1. The summed E-state index contributed by atoms with van der Waals surface area (Å²) in [5.74, 6) is 0.327. The van der Waals surface area contributed by atoms with Crippen LogP contribution in [-0.2, 0) is 9.59 Å². The minimum Gasteiger partial charge on any atom is -0.496 e. The summed E-state index contributed by atoms with van der Waals surface area (Å²) < 4.78 is 5.82. The lowest BCUT2D eigenvalue weighted by Gasteiger charge is -2.31. The van der Waals surface area contributed by atoms with Crippen LogP contribution in [0.3, 0.4) is 0 Å². The lowest BCUT2D eigenvalue weighted by molar-refractivity contribution is -0.123. The number of nitrogens with zero attached hydrogens (tertiary/aromatic N) is 2. The molecule has 0 N–H and O–H groups in total. The number of thiocarbonyl (C=S) groups is 1. The number of carbonyl (C=O) groups excluding carboxylic acids is 2. The van der Waals surface area contributed by atoms with E-state index in [1.54, 1.807) is 35.9 Å². The van der Waals surface area contributed by atoms with Crippen molar-refractivity contribution in [3.63, 3.8) is 0 Å². The van der Waals surface area contributed by atoms with Crippen molar-refractivity contribution in [2.45, 2.75) is 16.2 Å². The first-order valence-corrected chi connectivity index (χ1v) is 13.2. The number of rotatable bonds is 5. The van der Waals surface area contributed by atoms with Crippen LogP contribution in [-0.4, -0.2) is 34.7 Å². The Kier molecular flexibility index (Phi) is 6.88. The molecular weight excluding hydrogens is 520 g/mol. The Morgan fingerprint density at radius 2 is 1.77 bits per heavy atom. The predicted molar refractivity (Wildman–Crippen MR) is 147 cm³/mol. The molecule has 0 unspecified atom stereocenters. The monoisotopic (exact) mass is 538 g/mol. The van der Waals surface area contributed by atoms with Crippen molar-refractivity contribution >= 4 is 80.9 Å². The van der Waals surface area contributed by atoms with Crippen LogP contribution in [0.1, 0.15) is 12.0 Å². The number of hydrogen-bond acceptors (Lipinski definition) is 6. The molecule has 0 aliphatic carbocycles. The van der Waals surface area contributed by atoms with Crippen molar-refractivity contribution < 1.29 is 14.3 Å². The molecule has 3 aromatic carbocycles. The standard InChI is InChI=1S/C26H19ClN2O3S3/c1-32-20-8-4-2-6-16(20)14-23-25(31)28(26(33)35-23)13-12-24(30)29-18-7-3-5-9-21(18)34-22-11-10-17(27)15-19(22)29/h2-11,14-15H,12-13H2,1H3. The SMILES string of the molecule is COc1ccccc1C=C1SC(=S)N(CCC(=O)N2c3ccccc3Sc3ccc(Cl)cc32)C1=O. The zero-order chi connectivity index (χ0) is 24.5. The minimum absolute atomic E-state index is 0.110. The van der Waals surface area contributed by atoms with E-state index in [-0.39, 0.29) is 24.8 Å². The van der Waals surface area contributed by atoms with E-state index in [1.807, 2.05) is 60.7 Å². The molecular formula is C26H19ClN2O3S3. The van der Waals surface area contributed by atoms with E-state index >= 15 is 0 Å². The van der Waals surface area contributed by atoms with Gasteiger partial charge in [0.15, 0.2) is 0 Å². The van der Waals surface area contributed by atoms with Gasteiger partial charge in [-0.05, 0) is 42.5 Å². The molecule has 2 amide bonds. The van der Waals surface area contributed by atoms with Gasteiger partial charge >= 0.3 is 0 Å². The average molecular weight is 539 g/mol. The summed E-state index contributed by atoms with van der Waals surface area (Å²) in [6.07, 6.45) is 1.88. The van der Waals surface area contributed by atoms with Gasteiger partial charge in [-0.15, -0.1) is 0 Å². The molecule has 0 saturated carbocycles. The summed E-state index contributed by atoms with van der Waals surface area (Å²) in [7, 11) is 1.59. The Morgan fingerprint density at radius 1 is 1.03 bits per heavy atom. The summed E-state index contributed by atoms with van der Waals surface area (Å²) in [5.41, 5.74) is 2.34. The molecule has 0 radical (unpaired) electrons. The number of thioether (sulfide) groups is 1. The van der Waals surface area contributed by atoms with Crippen molar-refractivity contribution in [1.29, 1.82) is 0 Å². The van der Waals surface area contributed by atoms with Crippen LogP contribution in [0.4, 0.5) is 11.4 Å². The number of anilines is 2. The van der Waals surface area contributed by atoms with Crippen LogP contribution >= 0.6 is 47.3 Å². The molecule has 0 atom stereocenters. The number of carbonyl (C=O) groups is 2. The van der Waals surface area contributed by atoms with E-state index in [0.29, 0.717) is 20.0 Å². The Labute approximate surface area is 222 Å². The van der Waals surface area contributed by atoms with E-state index in [0.717, 1.165) is 26.7 Å². The van der Waals surface area contributed by atoms with E-state index in [2.05, 4.69) is 0 Å². The Balaban J connectivity index is 1.37. The number of amides is 2. The highest BCUT2D eigenvalue weighted by molar-refractivity contribution is 8.26. The van der Waals surface area contributed by atoms with E-state index in [4.69, 9.17) is 28.6 Å². The largest absolute Gasteiger partial charge is 0.496 e. The number of fused-ring (bicyclic) bond motifs is 2. The summed E-state index contributed by atoms with van der Waals surface area (Å²) in [5, 5.41) is 0.556. The van der Waals surface area contributed by atoms with Crippen LogP contribution in [0.25, 0.3) is 6.08 Å². The van der Waals surface area contributed by atoms with Crippen molar-refractivity contribution in [1.82, 2.24) is 4.90 Å². The lowest BCUT2D eigenvalue weighted by Crippen LogP contribution is -2.35. The third-order valence-electron chi connectivity index (χ3n) is 5.59. The maximum Gasteiger partial charge on any atom is 0.266 e. The molecule has 0 aromatic heterocycles. The summed E-state index contributed by atoms with van der Waals surface area (Å²) in [4.78, 5) is 32.2. The molecule has 1 fully saturated rings. The molecule has 5 nitrogen and oxygen atoms in total. The van der Waals surface area contributed by atoms with Crippen LogP contribution in [0.2, 0.25) is 5.02 Å². The molecule has 9 heteroatoms. The number of halogens is 1. The summed E-state index contributed by atoms with van der Waals surface area (Å²) >= 11 is 14.6. The molecule has 2 aliphatic rings. The van der Waals surface area contributed by atoms with Crippen LogP contribution in [0.5, 0.6) is 5.75 Å². The van der Waals surface area contributed by atoms with Gasteiger partial charge in [0, 0.05) is 33.3 Å². The molecule has 2 aliphatic heterocycles. The van der Waals surface area contributed by atoms with Crippen LogP contribution in [0.15, 0.2) is 81.4 Å². The van der Waals surface area contributed by atoms with Gasteiger partial charge in [-0.3, -0.25) is 19.4 Å². The van der Waals surface area contributed by atoms with Crippen molar-refractivity contribution in [2.24, 2.45) is 0 Å². The van der Waals surface area contributed by atoms with Gasteiger partial charge in [0.2, 0.25) is 5.91 Å². The second-order valence-corrected chi connectivity index (χ2v) is 10.9. The Bertz CT molecular complexity index is 1390. The fourth-order valence-electron chi connectivity index (χ4n) is 3.94. The average Bonchev–Trinajstić information content (AvgIpc) is 3.13. The summed E-state index contributed by atoms with van der Waals surface area (Å²) in [6.45, 7) is 0.189. The van der Waals surface area contributed by atoms with Gasteiger partial charge in [0.25, 0.3) is 5.91 Å². The van der Waals surface area contributed by atoms with Gasteiger partial charge in [0.1, 0.15) is 10.1 Å². The highest BCUT2D eigenvalue weighted by atomic mass is 35.5. The number of ether oxygens (including phenoxy) is 1. The molecule has 176 valence electrons. The Morgan fingerprint density at radius 3 is 2.60 bits per heavy atom. The first-order valence-electron chi connectivity index (χ1n) is 10.7. The zero-order valence-electron chi connectivity index (χ0n) is 18.6. The molecule has 3 aromatic rings. The van der Waals surface area contributed by atoms with E-state index in [9.17, 15) is 9.59 Å². The maximum absolute atomic E-state index is 13.5. The highest BCUT2D eigenvalue weighted by Crippen LogP contribution is 2.49. The van der Waals surface area contributed by atoms with Gasteiger partial charge in [-0.25, -0.2) is 0 Å². The number of para-hydroxylation sites is 2. The Hall–Kier alpha value is -2.78. The van der Waals surface area contributed by atoms with Crippen molar-refractivity contribution in [3.05, 3.63) is 82.2 Å². The first-order chi connectivity index (χ1) is 17.0. The predicted octanol–water partition coefficient (Wildman–Crippen LogP) is 6.77. The fourth-order valence-corrected chi connectivity index (χ4v) is 6.44. The van der Waals surface area contributed by atoms with Gasteiger partial charge in [0.05, 0.1) is 23.4 Å². The zero-order valence-corrected chi connectivity index (χ0v) is 21.8.